The molecule has 0 aliphatic heterocycles. The van der Waals surface area contributed by atoms with Gasteiger partial charge in [-0.1, -0.05) is 19.1 Å². The van der Waals surface area contributed by atoms with Crippen LogP contribution >= 0.6 is 12.2 Å². The molecule has 2 heterocycles. The molecule has 0 amide bonds. The van der Waals surface area contributed by atoms with Crippen molar-refractivity contribution >= 4 is 12.2 Å². The first-order valence-electron chi connectivity index (χ1n) is 5.21. The lowest BCUT2D eigenvalue weighted by Crippen LogP contribution is -1.97. The largest absolute Gasteiger partial charge is 0.346 e. The van der Waals surface area contributed by atoms with Gasteiger partial charge in [-0.2, -0.15) is 0 Å². The van der Waals surface area contributed by atoms with E-state index in [1.807, 2.05) is 19.2 Å². The van der Waals surface area contributed by atoms with Gasteiger partial charge < -0.3 is 4.98 Å². The van der Waals surface area contributed by atoms with Crippen LogP contribution in [-0.2, 0) is 6.42 Å². The normalized spacial score (nSPS) is 10.4. The highest BCUT2D eigenvalue weighted by atomic mass is 32.1. The van der Waals surface area contributed by atoms with Gasteiger partial charge in [-0.25, -0.2) is 4.98 Å². The number of rotatable bonds is 2. The molecule has 3 nitrogen and oxygen atoms in total. The average Bonchev–Trinajstić information content (AvgIpc) is 2.29. The molecule has 1 N–H and O–H groups in total. The first-order valence-corrected chi connectivity index (χ1v) is 5.62. The lowest BCUT2D eigenvalue weighted by molar-refractivity contribution is 1.03. The molecule has 0 unspecified atom stereocenters. The summed E-state index contributed by atoms with van der Waals surface area (Å²) in [7, 11) is 0. The topological polar surface area (TPSA) is 41.6 Å². The second kappa shape index (κ2) is 4.53. The predicted octanol–water partition coefficient (Wildman–Crippen LogP) is 3.07. The maximum atomic E-state index is 5.24. The van der Waals surface area contributed by atoms with Crippen LogP contribution < -0.4 is 0 Å². The second-order valence-corrected chi connectivity index (χ2v) is 3.99. The molecule has 82 valence electrons. The van der Waals surface area contributed by atoms with E-state index in [-0.39, 0.29) is 0 Å². The van der Waals surface area contributed by atoms with Gasteiger partial charge >= 0.3 is 0 Å². The molecule has 0 radical (unpaired) electrons. The Kier molecular flexibility index (Phi) is 3.10. The molecule has 2 rings (SSSR count). The van der Waals surface area contributed by atoms with Crippen molar-refractivity contribution in [2.75, 3.05) is 0 Å². The first-order chi connectivity index (χ1) is 7.74. The van der Waals surface area contributed by atoms with Gasteiger partial charge in [0.1, 0.15) is 4.64 Å². The van der Waals surface area contributed by atoms with Gasteiger partial charge in [-0.15, -0.1) is 0 Å². The van der Waals surface area contributed by atoms with Gasteiger partial charge in [-0.3, -0.25) is 4.98 Å². The summed E-state index contributed by atoms with van der Waals surface area (Å²) in [5.74, 6) is 0. The average molecular weight is 231 g/mol. The molecular weight excluding hydrogens is 218 g/mol. The van der Waals surface area contributed by atoms with E-state index in [0.717, 1.165) is 28.8 Å². The number of aromatic amines is 1. The molecule has 2 aromatic rings. The lowest BCUT2D eigenvalue weighted by Gasteiger charge is -2.09. The summed E-state index contributed by atoms with van der Waals surface area (Å²) in [6.07, 6.45) is 6.17. The molecule has 2 aromatic heterocycles. The van der Waals surface area contributed by atoms with Crippen molar-refractivity contribution in [3.8, 4) is 11.3 Å². The van der Waals surface area contributed by atoms with E-state index in [1.165, 1.54) is 0 Å². The number of nitrogens with zero attached hydrogens (tertiary/aromatic N) is 2. The maximum Gasteiger partial charge on any atom is 0.133 e. The van der Waals surface area contributed by atoms with Crippen LogP contribution in [0, 0.1) is 11.6 Å². The van der Waals surface area contributed by atoms with Crippen molar-refractivity contribution in [3.05, 3.63) is 40.6 Å². The van der Waals surface area contributed by atoms with Crippen molar-refractivity contribution in [3.63, 3.8) is 0 Å². The van der Waals surface area contributed by atoms with Gasteiger partial charge in [0.25, 0.3) is 0 Å². The Morgan fingerprint density at radius 1 is 1.44 bits per heavy atom. The molecule has 0 saturated heterocycles. The SMILES string of the molecule is CCc1c(-c2ccncc2C)[nH]cnc1=S. The zero-order valence-corrected chi connectivity index (χ0v) is 10.1. The Balaban J connectivity index is 2.70. The number of nitrogens with one attached hydrogen (secondary N) is 1. The number of H-pyrrole nitrogens is 1. The van der Waals surface area contributed by atoms with Gasteiger partial charge in [0.2, 0.25) is 0 Å². The zero-order chi connectivity index (χ0) is 11.5. The minimum Gasteiger partial charge on any atom is -0.346 e. The van der Waals surface area contributed by atoms with Crippen LogP contribution in [0.5, 0.6) is 0 Å². The Morgan fingerprint density at radius 3 is 2.94 bits per heavy atom. The number of aryl methyl sites for hydroxylation is 1. The van der Waals surface area contributed by atoms with Gasteiger partial charge in [0, 0.05) is 23.5 Å². The summed E-state index contributed by atoms with van der Waals surface area (Å²) < 4.78 is 0.674. The third-order valence-corrected chi connectivity index (χ3v) is 2.95. The van der Waals surface area contributed by atoms with Crippen molar-refractivity contribution in [2.45, 2.75) is 20.3 Å². The van der Waals surface area contributed by atoms with Gasteiger partial charge in [-0.05, 0) is 25.0 Å². The third-order valence-electron chi connectivity index (χ3n) is 2.59. The van der Waals surface area contributed by atoms with Crippen molar-refractivity contribution in [1.29, 1.82) is 0 Å². The second-order valence-electron chi connectivity index (χ2n) is 3.61. The monoisotopic (exact) mass is 231 g/mol. The molecule has 0 saturated carbocycles. The van der Waals surface area contributed by atoms with Gasteiger partial charge in [0.15, 0.2) is 0 Å². The number of pyridine rings is 1. The standard InChI is InChI=1S/C12H13N3S/c1-3-9-11(14-7-15-12(9)16)10-4-5-13-6-8(10)2/h4-7H,3H2,1-2H3,(H,14,15,16). The molecular formula is C12H13N3S. The van der Waals surface area contributed by atoms with E-state index in [2.05, 4.69) is 21.9 Å². The van der Waals surface area contributed by atoms with E-state index in [1.54, 1.807) is 12.5 Å². The predicted molar refractivity (Wildman–Crippen MR) is 66.8 cm³/mol. The Morgan fingerprint density at radius 2 is 2.25 bits per heavy atom. The molecule has 0 bridgehead atoms. The van der Waals surface area contributed by atoms with Crippen LogP contribution in [0.25, 0.3) is 11.3 Å². The smallest absolute Gasteiger partial charge is 0.133 e. The summed E-state index contributed by atoms with van der Waals surface area (Å²) in [5.41, 5.74) is 4.42. The molecule has 4 heteroatoms. The number of hydrogen-bond acceptors (Lipinski definition) is 3. The summed E-state index contributed by atoms with van der Waals surface area (Å²) in [4.78, 5) is 11.4. The molecule has 0 fully saturated rings. The van der Waals surface area contributed by atoms with Gasteiger partial charge in [0.05, 0.1) is 12.0 Å². The fourth-order valence-electron chi connectivity index (χ4n) is 1.75. The van der Waals surface area contributed by atoms with E-state index in [9.17, 15) is 0 Å². The number of hydrogen-bond donors (Lipinski definition) is 1. The quantitative estimate of drug-likeness (QED) is 0.808. The zero-order valence-electron chi connectivity index (χ0n) is 9.32. The summed E-state index contributed by atoms with van der Waals surface area (Å²) in [6.45, 7) is 4.12. The van der Waals surface area contributed by atoms with E-state index in [0.29, 0.717) is 4.64 Å². The van der Waals surface area contributed by atoms with Crippen LogP contribution in [0.15, 0.2) is 24.8 Å². The lowest BCUT2D eigenvalue weighted by atomic mass is 10.0. The Labute approximate surface area is 99.6 Å². The van der Waals surface area contributed by atoms with Crippen molar-refractivity contribution < 1.29 is 0 Å². The van der Waals surface area contributed by atoms with E-state index >= 15 is 0 Å². The minimum absolute atomic E-state index is 0.674. The highest BCUT2D eigenvalue weighted by molar-refractivity contribution is 7.71. The van der Waals surface area contributed by atoms with E-state index in [4.69, 9.17) is 12.2 Å². The minimum atomic E-state index is 0.674. The highest BCUT2D eigenvalue weighted by Gasteiger charge is 2.08. The first kappa shape index (κ1) is 11.0. The van der Waals surface area contributed by atoms with Crippen LogP contribution in [0.2, 0.25) is 0 Å². The van der Waals surface area contributed by atoms with Crippen LogP contribution in [0.3, 0.4) is 0 Å². The molecule has 0 spiro atoms. The van der Waals surface area contributed by atoms with Crippen LogP contribution in [-0.4, -0.2) is 15.0 Å². The third kappa shape index (κ3) is 1.88. The van der Waals surface area contributed by atoms with Crippen LogP contribution in [0.4, 0.5) is 0 Å². The number of aromatic nitrogens is 3. The van der Waals surface area contributed by atoms with Crippen molar-refractivity contribution in [2.24, 2.45) is 0 Å². The fourth-order valence-corrected chi connectivity index (χ4v) is 2.05. The fraction of sp³-hybridized carbons (Fsp3) is 0.250. The highest BCUT2D eigenvalue weighted by Crippen LogP contribution is 2.24. The maximum absolute atomic E-state index is 5.24. The molecule has 0 atom stereocenters. The molecule has 0 aliphatic carbocycles. The molecule has 0 aromatic carbocycles. The molecule has 0 aliphatic rings. The Bertz CT molecular complexity index is 560. The molecule has 16 heavy (non-hydrogen) atoms. The van der Waals surface area contributed by atoms with E-state index < -0.39 is 0 Å². The summed E-state index contributed by atoms with van der Waals surface area (Å²) >= 11 is 5.24. The summed E-state index contributed by atoms with van der Waals surface area (Å²) in [6, 6.07) is 2.00. The van der Waals surface area contributed by atoms with Crippen molar-refractivity contribution in [1.82, 2.24) is 15.0 Å². The van der Waals surface area contributed by atoms with Crippen LogP contribution in [0.1, 0.15) is 18.1 Å². The summed E-state index contributed by atoms with van der Waals surface area (Å²) in [5, 5.41) is 0. The Hall–Kier alpha value is -1.55.